The molecule has 1 N–H and O–H groups in total. The first kappa shape index (κ1) is 22.7. The van der Waals surface area contributed by atoms with Crippen molar-refractivity contribution in [2.24, 2.45) is 0 Å². The molecule has 5 rings (SSSR count). The number of hydrogen-bond acceptors (Lipinski definition) is 5. The number of rotatable bonds is 5. The Hall–Kier alpha value is -2.10. The standard InChI is InChI=1S/C25H20Br2N2O3S/c1-25(2)23-22(28-24(29-23)21-18(26)5-4-6-19(21)27)17-12-9-15(13-20(17)31-25)14-7-10-16(11-8-14)33-32-30-3/h4-13H,1-3H3,(H,28,29). The third kappa shape index (κ3) is 4.26. The molecule has 2 heterocycles. The molecule has 33 heavy (non-hydrogen) atoms. The van der Waals surface area contributed by atoms with E-state index in [1.807, 2.05) is 30.3 Å². The lowest BCUT2D eigenvalue weighted by Gasteiger charge is -2.32. The number of aromatic nitrogens is 2. The molecule has 0 fully saturated rings. The Bertz CT molecular complexity index is 1320. The highest BCUT2D eigenvalue weighted by molar-refractivity contribution is 9.11. The Morgan fingerprint density at radius 2 is 1.67 bits per heavy atom. The minimum atomic E-state index is -0.558. The summed E-state index contributed by atoms with van der Waals surface area (Å²) in [5.41, 5.74) is 5.43. The van der Waals surface area contributed by atoms with Gasteiger partial charge in [-0.1, -0.05) is 24.3 Å². The van der Waals surface area contributed by atoms with E-state index < -0.39 is 5.60 Å². The molecule has 168 valence electrons. The van der Waals surface area contributed by atoms with Crippen LogP contribution in [0.2, 0.25) is 0 Å². The second kappa shape index (κ2) is 8.92. The van der Waals surface area contributed by atoms with Crippen LogP contribution in [0.3, 0.4) is 0 Å². The fourth-order valence-electron chi connectivity index (χ4n) is 3.93. The number of H-pyrrole nitrogens is 1. The molecule has 1 aromatic heterocycles. The van der Waals surface area contributed by atoms with Gasteiger partial charge in [0.25, 0.3) is 0 Å². The van der Waals surface area contributed by atoms with Gasteiger partial charge >= 0.3 is 0 Å². The summed E-state index contributed by atoms with van der Waals surface area (Å²) in [6, 6.07) is 20.4. The fraction of sp³-hybridized carbons (Fsp3) is 0.160. The summed E-state index contributed by atoms with van der Waals surface area (Å²) >= 11 is 8.48. The molecule has 5 nitrogen and oxygen atoms in total. The topological polar surface area (TPSA) is 56.4 Å². The summed E-state index contributed by atoms with van der Waals surface area (Å²) in [6.45, 7) is 4.11. The normalized spacial score (nSPS) is 13.8. The Kier molecular flexibility index (Phi) is 6.13. The zero-order valence-corrected chi connectivity index (χ0v) is 22.1. The Morgan fingerprint density at radius 3 is 2.36 bits per heavy atom. The van der Waals surface area contributed by atoms with Crippen molar-refractivity contribution in [1.29, 1.82) is 0 Å². The first-order valence-electron chi connectivity index (χ1n) is 10.2. The number of nitrogens with zero attached hydrogens (tertiary/aromatic N) is 1. The van der Waals surface area contributed by atoms with Gasteiger partial charge in [-0.2, -0.15) is 4.33 Å². The van der Waals surface area contributed by atoms with Crippen molar-refractivity contribution in [1.82, 2.24) is 9.97 Å². The monoisotopic (exact) mass is 586 g/mol. The number of nitrogens with one attached hydrogen (secondary N) is 1. The Morgan fingerprint density at radius 1 is 0.970 bits per heavy atom. The second-order valence-electron chi connectivity index (χ2n) is 8.07. The van der Waals surface area contributed by atoms with Gasteiger partial charge in [0.15, 0.2) is 0 Å². The minimum absolute atomic E-state index is 0.558. The van der Waals surface area contributed by atoms with Gasteiger partial charge in [0, 0.05) is 25.0 Å². The molecule has 4 aromatic rings. The van der Waals surface area contributed by atoms with E-state index in [-0.39, 0.29) is 0 Å². The number of ether oxygens (including phenoxy) is 1. The van der Waals surface area contributed by atoms with E-state index in [1.54, 1.807) is 0 Å². The van der Waals surface area contributed by atoms with Crippen LogP contribution < -0.4 is 4.74 Å². The molecular formula is C25H20Br2N2O3S. The van der Waals surface area contributed by atoms with Crippen LogP contribution in [0.1, 0.15) is 19.5 Å². The van der Waals surface area contributed by atoms with Crippen LogP contribution in [0.25, 0.3) is 33.8 Å². The van der Waals surface area contributed by atoms with E-state index in [2.05, 4.69) is 85.9 Å². The third-order valence-electron chi connectivity index (χ3n) is 5.49. The molecule has 0 amide bonds. The molecule has 0 aliphatic carbocycles. The highest BCUT2D eigenvalue weighted by Gasteiger charge is 2.36. The lowest BCUT2D eigenvalue weighted by Crippen LogP contribution is -2.29. The van der Waals surface area contributed by atoms with Crippen molar-refractivity contribution >= 4 is 43.9 Å². The molecule has 1 aliphatic rings. The molecular weight excluding hydrogens is 568 g/mol. The minimum Gasteiger partial charge on any atom is -0.481 e. The quantitative estimate of drug-likeness (QED) is 0.145. The van der Waals surface area contributed by atoms with E-state index >= 15 is 0 Å². The highest BCUT2D eigenvalue weighted by Crippen LogP contribution is 2.47. The lowest BCUT2D eigenvalue weighted by molar-refractivity contribution is -0.160. The van der Waals surface area contributed by atoms with E-state index in [0.29, 0.717) is 0 Å². The fourth-order valence-corrected chi connectivity index (χ4v) is 5.70. The van der Waals surface area contributed by atoms with Crippen LogP contribution in [-0.4, -0.2) is 17.1 Å². The van der Waals surface area contributed by atoms with Crippen molar-refractivity contribution in [3.63, 3.8) is 0 Å². The van der Waals surface area contributed by atoms with Crippen molar-refractivity contribution in [2.75, 3.05) is 7.11 Å². The van der Waals surface area contributed by atoms with Gasteiger partial charge in [-0.15, -0.1) is 0 Å². The molecule has 8 heteroatoms. The molecule has 0 bridgehead atoms. The molecule has 0 saturated carbocycles. The summed E-state index contributed by atoms with van der Waals surface area (Å²) in [7, 11) is 1.49. The number of halogens is 2. The predicted octanol–water partition coefficient (Wildman–Crippen LogP) is 8.15. The molecule has 0 saturated heterocycles. The second-order valence-corrected chi connectivity index (χ2v) is 10.6. The van der Waals surface area contributed by atoms with Crippen LogP contribution in [-0.2, 0) is 14.8 Å². The van der Waals surface area contributed by atoms with Crippen LogP contribution in [0.4, 0.5) is 0 Å². The Balaban J connectivity index is 1.55. The van der Waals surface area contributed by atoms with Gasteiger partial charge < -0.3 is 9.72 Å². The summed E-state index contributed by atoms with van der Waals surface area (Å²) < 4.78 is 13.3. The van der Waals surface area contributed by atoms with Crippen LogP contribution >= 0.6 is 43.9 Å². The largest absolute Gasteiger partial charge is 0.481 e. The van der Waals surface area contributed by atoms with Crippen molar-refractivity contribution in [2.45, 2.75) is 24.3 Å². The van der Waals surface area contributed by atoms with Gasteiger partial charge in [0.2, 0.25) is 0 Å². The van der Waals surface area contributed by atoms with Gasteiger partial charge in [0.1, 0.15) is 17.2 Å². The lowest BCUT2D eigenvalue weighted by atomic mass is 9.93. The van der Waals surface area contributed by atoms with Crippen LogP contribution in [0.15, 0.2) is 74.5 Å². The summed E-state index contributed by atoms with van der Waals surface area (Å²) in [4.78, 5) is 14.1. The zero-order valence-electron chi connectivity index (χ0n) is 18.1. The molecule has 0 spiro atoms. The van der Waals surface area contributed by atoms with Crippen LogP contribution in [0.5, 0.6) is 5.75 Å². The molecule has 3 aromatic carbocycles. The number of aromatic amines is 1. The van der Waals surface area contributed by atoms with Crippen molar-refractivity contribution in [3.8, 4) is 39.5 Å². The van der Waals surface area contributed by atoms with Crippen molar-refractivity contribution < 1.29 is 14.0 Å². The number of benzene rings is 3. The van der Waals surface area contributed by atoms with Gasteiger partial charge in [-0.25, -0.2) is 9.87 Å². The molecule has 1 aliphatic heterocycles. The molecule has 0 atom stereocenters. The van der Waals surface area contributed by atoms with E-state index in [1.165, 1.54) is 19.2 Å². The van der Waals surface area contributed by atoms with Crippen LogP contribution in [0, 0.1) is 0 Å². The Labute approximate surface area is 213 Å². The maximum absolute atomic E-state index is 6.46. The van der Waals surface area contributed by atoms with E-state index in [9.17, 15) is 0 Å². The summed E-state index contributed by atoms with van der Waals surface area (Å²) in [5.74, 6) is 1.61. The molecule has 0 radical (unpaired) electrons. The van der Waals surface area contributed by atoms with E-state index in [4.69, 9.17) is 14.1 Å². The average molecular weight is 588 g/mol. The predicted molar refractivity (Wildman–Crippen MR) is 138 cm³/mol. The smallest absolute Gasteiger partial charge is 0.145 e. The summed E-state index contributed by atoms with van der Waals surface area (Å²) in [6.07, 6.45) is 0. The zero-order chi connectivity index (χ0) is 23.2. The number of fused-ring (bicyclic) bond motifs is 3. The first-order chi connectivity index (χ1) is 15.9. The summed E-state index contributed by atoms with van der Waals surface area (Å²) in [5, 5.41) is 0. The van der Waals surface area contributed by atoms with Gasteiger partial charge in [-0.3, -0.25) is 0 Å². The maximum atomic E-state index is 6.46. The van der Waals surface area contributed by atoms with Gasteiger partial charge in [-0.05, 0) is 93.2 Å². The molecule has 0 unspecified atom stereocenters. The number of imidazole rings is 1. The third-order valence-corrected chi connectivity index (χ3v) is 7.48. The highest BCUT2D eigenvalue weighted by atomic mass is 79.9. The number of hydrogen-bond donors (Lipinski definition) is 1. The first-order valence-corrected chi connectivity index (χ1v) is 12.6. The van der Waals surface area contributed by atoms with E-state index in [0.717, 1.165) is 59.1 Å². The maximum Gasteiger partial charge on any atom is 0.145 e. The SMILES string of the molecule is COOSc1ccc(-c2ccc3c(c2)OC(C)(C)c2[nH]c(-c4c(Br)cccc4Br)nc2-3)cc1. The average Bonchev–Trinajstić information content (AvgIpc) is 3.24. The van der Waals surface area contributed by atoms with Crippen molar-refractivity contribution in [3.05, 3.63) is 75.3 Å². The van der Waals surface area contributed by atoms with Gasteiger partial charge in [0.05, 0.1) is 30.5 Å².